The molecule has 2 fully saturated rings. The number of benzene rings is 1. The van der Waals surface area contributed by atoms with Gasteiger partial charge in [0.05, 0.1) is 29.6 Å². The minimum absolute atomic E-state index is 0.0539. The van der Waals surface area contributed by atoms with Crippen molar-refractivity contribution in [2.45, 2.75) is 56.6 Å². The molecule has 30 heavy (non-hydrogen) atoms. The number of hydrogen-bond donors (Lipinski definition) is 2. The van der Waals surface area contributed by atoms with Crippen molar-refractivity contribution < 1.29 is 23.1 Å². The first kappa shape index (κ1) is 22.7. The van der Waals surface area contributed by atoms with Gasteiger partial charge in [0.15, 0.2) is 9.84 Å². The molecule has 7 nitrogen and oxygen atoms in total. The fourth-order valence-electron chi connectivity index (χ4n) is 4.90. The van der Waals surface area contributed by atoms with Crippen LogP contribution >= 0.6 is 0 Å². The fourth-order valence-corrected chi connectivity index (χ4v) is 6.64. The van der Waals surface area contributed by atoms with Crippen LogP contribution in [0.3, 0.4) is 0 Å². The van der Waals surface area contributed by atoms with Crippen LogP contribution in [0, 0.1) is 5.92 Å². The van der Waals surface area contributed by atoms with Gasteiger partial charge in [0.25, 0.3) is 0 Å². The van der Waals surface area contributed by atoms with E-state index in [-0.39, 0.29) is 34.8 Å². The van der Waals surface area contributed by atoms with Gasteiger partial charge in [-0.25, -0.2) is 8.42 Å². The molecule has 0 spiro atoms. The van der Waals surface area contributed by atoms with Crippen LogP contribution in [0.25, 0.3) is 0 Å². The quantitative estimate of drug-likeness (QED) is 0.677. The highest BCUT2D eigenvalue weighted by Gasteiger charge is 2.42. The maximum absolute atomic E-state index is 12.9. The van der Waals surface area contributed by atoms with Crippen LogP contribution in [-0.2, 0) is 24.8 Å². The third-order valence-corrected chi connectivity index (χ3v) is 8.54. The van der Waals surface area contributed by atoms with Gasteiger partial charge >= 0.3 is 0 Å². The molecule has 4 atom stereocenters. The van der Waals surface area contributed by atoms with Crippen molar-refractivity contribution >= 4 is 21.7 Å². The summed E-state index contributed by atoms with van der Waals surface area (Å²) in [5.41, 5.74) is 0.797. The number of nitrogens with zero attached hydrogens (tertiary/aromatic N) is 1. The third-order valence-electron chi connectivity index (χ3n) is 6.77. The zero-order valence-corrected chi connectivity index (χ0v) is 18.5. The number of hydrogen-bond acceptors (Lipinski definition) is 5. The Labute approximate surface area is 178 Å². The summed E-state index contributed by atoms with van der Waals surface area (Å²) in [6.45, 7) is 1.97. The van der Waals surface area contributed by atoms with Crippen LogP contribution in [0.15, 0.2) is 30.3 Å². The van der Waals surface area contributed by atoms with Crippen LogP contribution in [0.2, 0.25) is 0 Å². The van der Waals surface area contributed by atoms with E-state index in [0.29, 0.717) is 38.6 Å². The number of carbonyl (C=O) groups excluding carboxylic acids is 2. The topological polar surface area (TPSA) is 104 Å². The summed E-state index contributed by atoms with van der Waals surface area (Å²) in [7, 11) is -1.47. The molecule has 1 heterocycles. The van der Waals surface area contributed by atoms with Gasteiger partial charge in [-0.1, -0.05) is 30.3 Å². The van der Waals surface area contributed by atoms with Crippen LogP contribution in [-0.4, -0.2) is 67.5 Å². The Morgan fingerprint density at radius 3 is 2.43 bits per heavy atom. The predicted octanol–water partition coefficient (Wildman–Crippen LogP) is 1.26. The highest BCUT2D eigenvalue weighted by Crippen LogP contribution is 2.39. The Balaban J connectivity index is 1.78. The van der Waals surface area contributed by atoms with Crippen LogP contribution in [0.4, 0.5) is 0 Å². The molecule has 0 radical (unpaired) electrons. The molecule has 166 valence electrons. The van der Waals surface area contributed by atoms with Crippen molar-refractivity contribution in [3.05, 3.63) is 35.9 Å². The standard InChI is InChI=1S/C22H32N2O5S/c1-16(25)23-15-22(18-6-4-3-5-7-18)11-8-19(20(26)9-12-22)24(2)21(27)17-10-13-30(28,29)14-17/h3-7,17,19-20,26H,8-15H2,1-2H3,(H,23,25)/t17?,19-,20-,22+/m0/s1. The van der Waals surface area contributed by atoms with E-state index in [1.807, 2.05) is 30.3 Å². The summed E-state index contributed by atoms with van der Waals surface area (Å²) in [4.78, 5) is 26.1. The second-order valence-corrected chi connectivity index (χ2v) is 11.0. The monoisotopic (exact) mass is 436 g/mol. The van der Waals surface area contributed by atoms with E-state index in [1.165, 1.54) is 6.92 Å². The molecule has 2 aliphatic rings. The molecule has 0 bridgehead atoms. The van der Waals surface area contributed by atoms with Crippen molar-refractivity contribution in [1.82, 2.24) is 10.2 Å². The third kappa shape index (κ3) is 5.03. The number of amides is 2. The minimum Gasteiger partial charge on any atom is -0.391 e. The second-order valence-electron chi connectivity index (χ2n) is 8.82. The SMILES string of the molecule is CC(=O)NC[C@]1(c2ccccc2)CC[C@H](O)[C@@H](N(C)C(=O)C2CCS(=O)(=O)C2)CC1. The summed E-state index contributed by atoms with van der Waals surface area (Å²) in [5.74, 6) is -0.863. The average Bonchev–Trinajstić information content (AvgIpc) is 2.99. The van der Waals surface area contributed by atoms with Crippen molar-refractivity contribution in [2.75, 3.05) is 25.1 Å². The first-order valence-corrected chi connectivity index (χ1v) is 12.4. The van der Waals surface area contributed by atoms with Crippen LogP contribution < -0.4 is 5.32 Å². The predicted molar refractivity (Wildman–Crippen MR) is 115 cm³/mol. The van der Waals surface area contributed by atoms with E-state index in [4.69, 9.17) is 0 Å². The maximum Gasteiger partial charge on any atom is 0.226 e. The maximum atomic E-state index is 12.9. The Bertz CT molecular complexity index is 873. The Morgan fingerprint density at radius 1 is 1.17 bits per heavy atom. The van der Waals surface area contributed by atoms with Gasteiger partial charge in [-0.05, 0) is 37.7 Å². The van der Waals surface area contributed by atoms with Gasteiger partial charge < -0.3 is 15.3 Å². The van der Waals surface area contributed by atoms with Gasteiger partial charge in [-0.3, -0.25) is 9.59 Å². The number of aliphatic hydroxyl groups is 1. The smallest absolute Gasteiger partial charge is 0.226 e. The van der Waals surface area contributed by atoms with Crippen molar-refractivity contribution in [3.8, 4) is 0 Å². The van der Waals surface area contributed by atoms with Crippen LogP contribution in [0.5, 0.6) is 0 Å². The van der Waals surface area contributed by atoms with E-state index in [9.17, 15) is 23.1 Å². The first-order chi connectivity index (χ1) is 14.1. The zero-order chi connectivity index (χ0) is 21.9. The number of rotatable bonds is 5. The molecule has 1 unspecified atom stereocenters. The van der Waals surface area contributed by atoms with E-state index in [1.54, 1.807) is 11.9 Å². The lowest BCUT2D eigenvalue weighted by Crippen LogP contribution is -2.46. The molecule has 1 saturated carbocycles. The molecule has 2 N–H and O–H groups in total. The molecule has 1 aliphatic heterocycles. The second kappa shape index (κ2) is 9.06. The molecule has 1 saturated heterocycles. The Kier molecular flexibility index (Phi) is 6.87. The lowest BCUT2D eigenvalue weighted by Gasteiger charge is -2.34. The average molecular weight is 437 g/mol. The molecule has 2 amide bonds. The van der Waals surface area contributed by atoms with Gasteiger partial charge in [-0.2, -0.15) is 0 Å². The van der Waals surface area contributed by atoms with Crippen molar-refractivity contribution in [2.24, 2.45) is 5.92 Å². The molecular formula is C22H32N2O5S. The number of nitrogens with one attached hydrogen (secondary N) is 1. The fraction of sp³-hybridized carbons (Fsp3) is 0.636. The van der Waals surface area contributed by atoms with Crippen LogP contribution in [0.1, 0.15) is 44.6 Å². The van der Waals surface area contributed by atoms with Gasteiger partial charge in [0.1, 0.15) is 0 Å². The Hall–Kier alpha value is -1.93. The number of aliphatic hydroxyl groups excluding tert-OH is 1. The molecule has 1 aromatic rings. The van der Waals surface area contributed by atoms with E-state index >= 15 is 0 Å². The lowest BCUT2D eigenvalue weighted by atomic mass is 9.74. The summed E-state index contributed by atoms with van der Waals surface area (Å²) < 4.78 is 23.6. The minimum atomic E-state index is -3.15. The lowest BCUT2D eigenvalue weighted by molar-refractivity contribution is -0.138. The highest BCUT2D eigenvalue weighted by molar-refractivity contribution is 7.91. The molecular weight excluding hydrogens is 404 g/mol. The van der Waals surface area contributed by atoms with E-state index in [2.05, 4.69) is 5.32 Å². The van der Waals surface area contributed by atoms with E-state index < -0.39 is 21.9 Å². The normalized spacial score (nSPS) is 31.0. The number of sulfone groups is 1. The van der Waals surface area contributed by atoms with Crippen molar-refractivity contribution in [3.63, 3.8) is 0 Å². The van der Waals surface area contributed by atoms with E-state index in [0.717, 1.165) is 5.56 Å². The van der Waals surface area contributed by atoms with Gasteiger partial charge in [0.2, 0.25) is 11.8 Å². The number of carbonyl (C=O) groups is 2. The van der Waals surface area contributed by atoms with Crippen molar-refractivity contribution in [1.29, 1.82) is 0 Å². The molecule has 1 aliphatic carbocycles. The Morgan fingerprint density at radius 2 is 1.83 bits per heavy atom. The largest absolute Gasteiger partial charge is 0.391 e. The number of likely N-dealkylation sites (N-methyl/N-ethyl adjacent to an activating group) is 1. The van der Waals surface area contributed by atoms with Gasteiger partial charge in [-0.15, -0.1) is 0 Å². The summed E-state index contributed by atoms with van der Waals surface area (Å²) in [6, 6.07) is 9.62. The molecule has 1 aromatic carbocycles. The summed E-state index contributed by atoms with van der Waals surface area (Å²) >= 11 is 0. The molecule has 8 heteroatoms. The zero-order valence-electron chi connectivity index (χ0n) is 17.7. The van der Waals surface area contributed by atoms with Gasteiger partial charge in [0, 0.05) is 25.9 Å². The first-order valence-electron chi connectivity index (χ1n) is 10.6. The highest BCUT2D eigenvalue weighted by atomic mass is 32.2. The molecule has 3 rings (SSSR count). The molecule has 0 aromatic heterocycles. The summed E-state index contributed by atoms with van der Waals surface area (Å²) in [5, 5.41) is 13.8. The summed E-state index contributed by atoms with van der Waals surface area (Å²) in [6.07, 6.45) is 2.14.